The van der Waals surface area contributed by atoms with E-state index in [1.807, 2.05) is 16.9 Å². The Morgan fingerprint density at radius 3 is 2.50 bits per heavy atom. The zero-order valence-electron chi connectivity index (χ0n) is 14.5. The minimum Gasteiger partial charge on any atom is -0.369 e. The average Bonchev–Trinajstić information content (AvgIpc) is 3.12. The van der Waals surface area contributed by atoms with Crippen LogP contribution in [0.25, 0.3) is 21.9 Å². The summed E-state index contributed by atoms with van der Waals surface area (Å²) in [5.41, 5.74) is 4.15. The molecule has 0 aliphatic carbocycles. The van der Waals surface area contributed by atoms with Gasteiger partial charge in [0.1, 0.15) is 5.52 Å². The van der Waals surface area contributed by atoms with E-state index in [2.05, 4.69) is 73.6 Å². The second kappa shape index (κ2) is 6.38. The highest BCUT2D eigenvalue weighted by Gasteiger charge is 2.18. The van der Waals surface area contributed by atoms with Crippen LogP contribution in [0, 0.1) is 0 Å². The first-order chi connectivity index (χ1) is 12.9. The molecule has 0 unspecified atom stereocenters. The van der Waals surface area contributed by atoms with Gasteiger partial charge in [-0.25, -0.2) is 4.68 Å². The third-order valence-electron chi connectivity index (χ3n) is 5.08. The maximum atomic E-state index is 4.48. The van der Waals surface area contributed by atoms with Gasteiger partial charge in [0.25, 0.3) is 0 Å². The van der Waals surface area contributed by atoms with E-state index in [0.717, 1.165) is 54.8 Å². The highest BCUT2D eigenvalue weighted by Crippen LogP contribution is 2.22. The first-order valence-electron chi connectivity index (χ1n) is 8.98. The van der Waals surface area contributed by atoms with Crippen molar-refractivity contribution in [3.05, 3.63) is 60.8 Å². The van der Waals surface area contributed by atoms with Crippen molar-refractivity contribution in [2.24, 2.45) is 0 Å². The predicted octanol–water partition coefficient (Wildman–Crippen LogP) is 2.76. The molecule has 0 saturated carbocycles. The maximum absolute atomic E-state index is 4.48. The van der Waals surface area contributed by atoms with E-state index in [1.165, 1.54) is 5.69 Å². The summed E-state index contributed by atoms with van der Waals surface area (Å²) in [6.07, 6.45) is 1.81. The summed E-state index contributed by atoms with van der Waals surface area (Å²) in [6, 6.07) is 18.8. The zero-order chi connectivity index (χ0) is 17.3. The molecular weight excluding hydrogens is 324 g/mol. The molecule has 0 radical (unpaired) electrons. The summed E-state index contributed by atoms with van der Waals surface area (Å²) in [5.74, 6) is 0. The van der Waals surface area contributed by atoms with Crippen molar-refractivity contribution in [1.29, 1.82) is 0 Å². The summed E-state index contributed by atoms with van der Waals surface area (Å²) in [4.78, 5) is 9.34. The summed E-state index contributed by atoms with van der Waals surface area (Å²) < 4.78 is 1.99. The second-order valence-electron chi connectivity index (χ2n) is 6.68. The molecular formula is C20H20N6. The Hall–Kier alpha value is -2.99. The Balaban J connectivity index is 1.34. The van der Waals surface area contributed by atoms with Crippen molar-refractivity contribution in [2.75, 3.05) is 31.1 Å². The van der Waals surface area contributed by atoms with E-state index >= 15 is 0 Å². The summed E-state index contributed by atoms with van der Waals surface area (Å²) in [6.45, 7) is 4.85. The van der Waals surface area contributed by atoms with Gasteiger partial charge in [-0.3, -0.25) is 9.88 Å². The topological polar surface area (TPSA) is 50.1 Å². The lowest BCUT2D eigenvalue weighted by Gasteiger charge is -2.35. The van der Waals surface area contributed by atoms with E-state index in [0.29, 0.717) is 0 Å². The molecule has 26 heavy (non-hydrogen) atoms. The molecule has 2 aromatic carbocycles. The standard InChI is InChI=1S/C20H20N6/c1-2-6-17(7-3-1)25-13-11-24(12-14-25)15-26-18-9-8-16-5-4-10-21-19(16)20(18)22-23-26/h1-10H,11-15H2. The number of anilines is 1. The molecule has 5 rings (SSSR count). The number of piperazine rings is 1. The van der Waals surface area contributed by atoms with Gasteiger partial charge in [0.2, 0.25) is 0 Å². The molecule has 6 heteroatoms. The molecule has 0 amide bonds. The summed E-state index contributed by atoms with van der Waals surface area (Å²) in [5, 5.41) is 9.88. The molecule has 1 aliphatic heterocycles. The molecule has 2 aromatic heterocycles. The van der Waals surface area contributed by atoms with Crippen molar-refractivity contribution >= 4 is 27.6 Å². The number of benzene rings is 2. The number of hydrogen-bond donors (Lipinski definition) is 0. The Morgan fingerprint density at radius 2 is 1.65 bits per heavy atom. The minimum atomic E-state index is 0.761. The van der Waals surface area contributed by atoms with Gasteiger partial charge in [-0.05, 0) is 24.3 Å². The van der Waals surface area contributed by atoms with Crippen LogP contribution in [0.2, 0.25) is 0 Å². The molecule has 1 saturated heterocycles. The molecule has 1 fully saturated rings. The molecule has 4 aromatic rings. The van der Waals surface area contributed by atoms with Crippen LogP contribution < -0.4 is 4.90 Å². The average molecular weight is 344 g/mol. The quantitative estimate of drug-likeness (QED) is 0.572. The van der Waals surface area contributed by atoms with Crippen LogP contribution in [-0.4, -0.2) is 51.1 Å². The lowest BCUT2D eigenvalue weighted by Crippen LogP contribution is -2.46. The van der Waals surface area contributed by atoms with Gasteiger partial charge < -0.3 is 4.90 Å². The van der Waals surface area contributed by atoms with Crippen LogP contribution in [0.5, 0.6) is 0 Å². The molecule has 0 spiro atoms. The SMILES string of the molecule is c1ccc(N2CCN(Cn3nnc4c5ncccc5ccc43)CC2)cc1. The van der Waals surface area contributed by atoms with Crippen LogP contribution in [0.3, 0.4) is 0 Å². The molecule has 0 bridgehead atoms. The molecule has 1 aliphatic rings. The van der Waals surface area contributed by atoms with Crippen LogP contribution in [0.4, 0.5) is 5.69 Å². The van der Waals surface area contributed by atoms with Crippen LogP contribution >= 0.6 is 0 Å². The van der Waals surface area contributed by atoms with Gasteiger partial charge in [-0.1, -0.05) is 35.5 Å². The van der Waals surface area contributed by atoms with Crippen molar-refractivity contribution in [1.82, 2.24) is 24.9 Å². The Morgan fingerprint density at radius 1 is 0.808 bits per heavy atom. The fourth-order valence-corrected chi connectivity index (χ4v) is 3.65. The lowest BCUT2D eigenvalue weighted by atomic mass is 10.2. The molecule has 6 nitrogen and oxygen atoms in total. The Labute approximate surface area is 151 Å². The van der Waals surface area contributed by atoms with Crippen molar-refractivity contribution < 1.29 is 0 Å². The van der Waals surface area contributed by atoms with Crippen molar-refractivity contribution in [3.63, 3.8) is 0 Å². The highest BCUT2D eigenvalue weighted by molar-refractivity contribution is 6.01. The van der Waals surface area contributed by atoms with Gasteiger partial charge in [0, 0.05) is 43.4 Å². The highest BCUT2D eigenvalue weighted by atomic mass is 15.5. The van der Waals surface area contributed by atoms with Gasteiger partial charge in [0.05, 0.1) is 17.7 Å². The fourth-order valence-electron chi connectivity index (χ4n) is 3.65. The summed E-state index contributed by atoms with van der Waals surface area (Å²) >= 11 is 0. The third-order valence-corrected chi connectivity index (χ3v) is 5.08. The minimum absolute atomic E-state index is 0.761. The monoisotopic (exact) mass is 344 g/mol. The van der Waals surface area contributed by atoms with Crippen molar-refractivity contribution in [3.8, 4) is 0 Å². The predicted molar refractivity (Wildman–Crippen MR) is 103 cm³/mol. The summed E-state index contributed by atoms with van der Waals surface area (Å²) in [7, 11) is 0. The van der Waals surface area contributed by atoms with E-state index in [1.54, 1.807) is 0 Å². The number of fused-ring (bicyclic) bond motifs is 3. The zero-order valence-corrected chi connectivity index (χ0v) is 14.5. The van der Waals surface area contributed by atoms with Crippen molar-refractivity contribution in [2.45, 2.75) is 6.67 Å². The Bertz CT molecular complexity index is 1030. The van der Waals surface area contributed by atoms with Crippen LogP contribution in [-0.2, 0) is 6.67 Å². The first kappa shape index (κ1) is 15.3. The van der Waals surface area contributed by atoms with E-state index in [4.69, 9.17) is 0 Å². The van der Waals surface area contributed by atoms with E-state index in [-0.39, 0.29) is 0 Å². The van der Waals surface area contributed by atoms with Gasteiger partial charge in [-0.15, -0.1) is 5.10 Å². The number of pyridine rings is 1. The third kappa shape index (κ3) is 2.68. The normalized spacial score (nSPS) is 15.8. The lowest BCUT2D eigenvalue weighted by molar-refractivity contribution is 0.197. The van der Waals surface area contributed by atoms with E-state index < -0.39 is 0 Å². The maximum Gasteiger partial charge on any atom is 0.139 e. The van der Waals surface area contributed by atoms with Gasteiger partial charge in [0.15, 0.2) is 0 Å². The number of hydrogen-bond acceptors (Lipinski definition) is 5. The number of para-hydroxylation sites is 1. The number of rotatable bonds is 3. The largest absolute Gasteiger partial charge is 0.369 e. The van der Waals surface area contributed by atoms with Crippen LogP contribution in [0.1, 0.15) is 0 Å². The van der Waals surface area contributed by atoms with Gasteiger partial charge in [-0.2, -0.15) is 0 Å². The van der Waals surface area contributed by atoms with E-state index in [9.17, 15) is 0 Å². The fraction of sp³-hybridized carbons (Fsp3) is 0.250. The number of nitrogens with zero attached hydrogens (tertiary/aromatic N) is 6. The van der Waals surface area contributed by atoms with Crippen LogP contribution in [0.15, 0.2) is 60.8 Å². The first-order valence-corrected chi connectivity index (χ1v) is 8.98. The Kier molecular flexibility index (Phi) is 3.75. The molecule has 130 valence electrons. The number of aromatic nitrogens is 4. The molecule has 3 heterocycles. The smallest absolute Gasteiger partial charge is 0.139 e. The molecule has 0 atom stereocenters. The molecule has 0 N–H and O–H groups in total. The second-order valence-corrected chi connectivity index (χ2v) is 6.68. The van der Waals surface area contributed by atoms with Gasteiger partial charge >= 0.3 is 0 Å².